The standard InChI is InChI=1S/C22H34N2O3/c1-14(2)17-6-8-18(9-7-17)21(15(3)4)23-20(25)13-24-11-16(5)10-19(12-24)22(26)27/h6-9,14-16,19,21H,10-13H2,1-5H3,(H,23,25)(H,26,27). The smallest absolute Gasteiger partial charge is 0.307 e. The van der Waals surface area contributed by atoms with Crippen LogP contribution < -0.4 is 5.32 Å². The first kappa shape index (κ1) is 21.4. The first-order chi connectivity index (χ1) is 12.7. The molecule has 0 radical (unpaired) electrons. The lowest BCUT2D eigenvalue weighted by atomic mass is 9.90. The Hall–Kier alpha value is -1.88. The molecule has 0 aromatic heterocycles. The van der Waals surface area contributed by atoms with E-state index >= 15 is 0 Å². The van der Waals surface area contributed by atoms with Crippen LogP contribution in [0.15, 0.2) is 24.3 Å². The summed E-state index contributed by atoms with van der Waals surface area (Å²) < 4.78 is 0. The molecule has 27 heavy (non-hydrogen) atoms. The third-order valence-electron chi connectivity index (χ3n) is 5.40. The number of likely N-dealkylation sites (tertiary alicyclic amines) is 1. The number of carbonyl (C=O) groups excluding carboxylic acids is 1. The maximum absolute atomic E-state index is 12.7. The van der Waals surface area contributed by atoms with Crippen LogP contribution in [-0.2, 0) is 9.59 Å². The van der Waals surface area contributed by atoms with E-state index in [1.807, 2.05) is 11.8 Å². The van der Waals surface area contributed by atoms with Crippen LogP contribution in [0.2, 0.25) is 0 Å². The lowest BCUT2D eigenvalue weighted by molar-refractivity contribution is -0.145. The number of rotatable bonds is 7. The number of nitrogens with one attached hydrogen (secondary N) is 1. The van der Waals surface area contributed by atoms with Crippen molar-refractivity contribution >= 4 is 11.9 Å². The van der Waals surface area contributed by atoms with Gasteiger partial charge in [0, 0.05) is 13.1 Å². The van der Waals surface area contributed by atoms with E-state index in [4.69, 9.17) is 0 Å². The molecule has 1 fully saturated rings. The second-order valence-electron chi connectivity index (χ2n) is 8.68. The third-order valence-corrected chi connectivity index (χ3v) is 5.40. The quantitative estimate of drug-likeness (QED) is 0.764. The minimum absolute atomic E-state index is 0.0418. The highest BCUT2D eigenvalue weighted by Crippen LogP contribution is 2.25. The second-order valence-corrected chi connectivity index (χ2v) is 8.68. The van der Waals surface area contributed by atoms with E-state index in [0.717, 1.165) is 12.1 Å². The highest BCUT2D eigenvalue weighted by molar-refractivity contribution is 5.78. The zero-order chi connectivity index (χ0) is 20.1. The maximum atomic E-state index is 12.7. The van der Waals surface area contributed by atoms with E-state index in [2.05, 4.69) is 57.3 Å². The molecule has 5 nitrogen and oxygen atoms in total. The molecular formula is C22H34N2O3. The van der Waals surface area contributed by atoms with Gasteiger partial charge in [-0.25, -0.2) is 0 Å². The van der Waals surface area contributed by atoms with Gasteiger partial charge in [-0.2, -0.15) is 0 Å². The molecule has 1 aromatic carbocycles. The Kier molecular flexibility index (Phi) is 7.42. The number of hydrogen-bond donors (Lipinski definition) is 2. The summed E-state index contributed by atoms with van der Waals surface area (Å²) in [5.41, 5.74) is 2.40. The van der Waals surface area contributed by atoms with Gasteiger partial charge in [0.25, 0.3) is 0 Å². The highest BCUT2D eigenvalue weighted by Gasteiger charge is 2.30. The summed E-state index contributed by atoms with van der Waals surface area (Å²) in [6.07, 6.45) is 0.685. The van der Waals surface area contributed by atoms with Gasteiger partial charge in [0.2, 0.25) is 5.91 Å². The predicted octanol–water partition coefficient (Wildman–Crippen LogP) is 3.67. The van der Waals surface area contributed by atoms with Gasteiger partial charge in [0.15, 0.2) is 0 Å². The van der Waals surface area contributed by atoms with Gasteiger partial charge >= 0.3 is 5.97 Å². The largest absolute Gasteiger partial charge is 0.481 e. The van der Waals surface area contributed by atoms with Crippen LogP contribution >= 0.6 is 0 Å². The van der Waals surface area contributed by atoms with Crippen LogP contribution in [-0.4, -0.2) is 41.5 Å². The molecule has 0 spiro atoms. The van der Waals surface area contributed by atoms with E-state index in [-0.39, 0.29) is 36.2 Å². The molecular weight excluding hydrogens is 340 g/mol. The van der Waals surface area contributed by atoms with Crippen LogP contribution in [0.4, 0.5) is 0 Å². The van der Waals surface area contributed by atoms with Crippen molar-refractivity contribution in [3.05, 3.63) is 35.4 Å². The van der Waals surface area contributed by atoms with Crippen LogP contribution in [0.25, 0.3) is 0 Å². The Bertz CT molecular complexity index is 639. The van der Waals surface area contributed by atoms with Crippen LogP contribution in [0.1, 0.15) is 64.1 Å². The fraction of sp³-hybridized carbons (Fsp3) is 0.636. The zero-order valence-electron chi connectivity index (χ0n) is 17.2. The molecule has 2 N–H and O–H groups in total. The van der Waals surface area contributed by atoms with E-state index in [9.17, 15) is 14.7 Å². The first-order valence-corrected chi connectivity index (χ1v) is 10.0. The van der Waals surface area contributed by atoms with Crippen molar-refractivity contribution in [1.29, 1.82) is 0 Å². The molecule has 1 aromatic rings. The van der Waals surface area contributed by atoms with E-state index in [1.54, 1.807) is 0 Å². The summed E-state index contributed by atoms with van der Waals surface area (Å²) in [5, 5.41) is 12.5. The number of piperidine rings is 1. The summed E-state index contributed by atoms with van der Waals surface area (Å²) in [7, 11) is 0. The first-order valence-electron chi connectivity index (χ1n) is 10.0. The third kappa shape index (κ3) is 6.06. The Morgan fingerprint density at radius 2 is 1.70 bits per heavy atom. The molecule has 1 aliphatic rings. The summed E-state index contributed by atoms with van der Waals surface area (Å²) in [5.74, 6) is -0.152. The van der Waals surface area contributed by atoms with Gasteiger partial charge in [-0.15, -0.1) is 0 Å². The average molecular weight is 375 g/mol. The summed E-state index contributed by atoms with van der Waals surface area (Å²) >= 11 is 0. The molecule has 0 aliphatic carbocycles. The van der Waals surface area contributed by atoms with Crippen molar-refractivity contribution in [3.8, 4) is 0 Å². The van der Waals surface area contributed by atoms with Gasteiger partial charge in [0.05, 0.1) is 18.5 Å². The summed E-state index contributed by atoms with van der Waals surface area (Å²) in [4.78, 5) is 26.0. The van der Waals surface area contributed by atoms with Gasteiger partial charge < -0.3 is 10.4 Å². The molecule has 3 atom stereocenters. The SMILES string of the molecule is CC1CC(C(=O)O)CN(CC(=O)NC(c2ccc(C(C)C)cc2)C(C)C)C1. The van der Waals surface area contributed by atoms with Crippen molar-refractivity contribution in [1.82, 2.24) is 10.2 Å². The van der Waals surface area contributed by atoms with Crippen molar-refractivity contribution in [2.45, 2.75) is 53.0 Å². The predicted molar refractivity (Wildman–Crippen MR) is 108 cm³/mol. The van der Waals surface area contributed by atoms with Crippen molar-refractivity contribution in [3.63, 3.8) is 0 Å². The molecule has 1 heterocycles. The lowest BCUT2D eigenvalue weighted by Gasteiger charge is -2.34. The Labute approximate surface area is 163 Å². The van der Waals surface area contributed by atoms with Gasteiger partial charge in [-0.05, 0) is 35.3 Å². The Morgan fingerprint density at radius 3 is 2.22 bits per heavy atom. The molecule has 0 bridgehead atoms. The molecule has 5 heteroatoms. The monoisotopic (exact) mass is 374 g/mol. The van der Waals surface area contributed by atoms with Gasteiger partial charge in [-0.3, -0.25) is 14.5 Å². The van der Waals surface area contributed by atoms with Crippen LogP contribution in [0.5, 0.6) is 0 Å². The van der Waals surface area contributed by atoms with Gasteiger partial charge in [-0.1, -0.05) is 58.9 Å². The lowest BCUT2D eigenvalue weighted by Crippen LogP contribution is -2.47. The normalized spacial score (nSPS) is 22.0. The molecule has 150 valence electrons. The molecule has 1 saturated heterocycles. The van der Waals surface area contributed by atoms with E-state index in [0.29, 0.717) is 18.9 Å². The molecule has 2 rings (SSSR count). The fourth-order valence-electron chi connectivity index (χ4n) is 3.92. The van der Waals surface area contributed by atoms with E-state index in [1.165, 1.54) is 5.56 Å². The van der Waals surface area contributed by atoms with Crippen molar-refractivity contribution in [2.24, 2.45) is 17.8 Å². The number of nitrogens with zero attached hydrogens (tertiary/aromatic N) is 1. The molecule has 3 unspecified atom stereocenters. The molecule has 1 aliphatic heterocycles. The second kappa shape index (κ2) is 9.36. The summed E-state index contributed by atoms with van der Waals surface area (Å²) in [6.45, 7) is 12.1. The average Bonchev–Trinajstić information content (AvgIpc) is 2.59. The number of carboxylic acids is 1. The highest BCUT2D eigenvalue weighted by atomic mass is 16.4. The molecule has 0 saturated carbocycles. The van der Waals surface area contributed by atoms with Crippen molar-refractivity contribution in [2.75, 3.05) is 19.6 Å². The topological polar surface area (TPSA) is 69.6 Å². The van der Waals surface area contributed by atoms with Crippen LogP contribution in [0, 0.1) is 17.8 Å². The van der Waals surface area contributed by atoms with Crippen molar-refractivity contribution < 1.29 is 14.7 Å². The Balaban J connectivity index is 2.01. The van der Waals surface area contributed by atoms with Crippen LogP contribution in [0.3, 0.4) is 0 Å². The number of carbonyl (C=O) groups is 2. The number of hydrogen-bond acceptors (Lipinski definition) is 3. The van der Waals surface area contributed by atoms with Gasteiger partial charge in [0.1, 0.15) is 0 Å². The minimum atomic E-state index is -0.766. The minimum Gasteiger partial charge on any atom is -0.481 e. The zero-order valence-corrected chi connectivity index (χ0v) is 17.2. The number of benzene rings is 1. The summed E-state index contributed by atoms with van der Waals surface area (Å²) in [6, 6.07) is 8.42. The molecule has 1 amide bonds. The fourth-order valence-corrected chi connectivity index (χ4v) is 3.92. The number of aliphatic carboxylic acids is 1. The maximum Gasteiger partial charge on any atom is 0.307 e. The van der Waals surface area contributed by atoms with E-state index < -0.39 is 5.97 Å². The number of carboxylic acid groups (broad SMARTS) is 1. The Morgan fingerprint density at radius 1 is 1.11 bits per heavy atom. The number of amides is 1.